The number of fused-ring (bicyclic) bond motifs is 1. The third-order valence-corrected chi connectivity index (χ3v) is 6.02. The summed E-state index contributed by atoms with van der Waals surface area (Å²) >= 11 is 3.42. The summed E-state index contributed by atoms with van der Waals surface area (Å²) in [5.41, 5.74) is 2.17. The number of Topliss-reactive ketones (excluding diaryl/α,β-unsaturated/α-hetero) is 1. The number of likely N-dealkylation sites (tertiary alicyclic amines) is 1. The molecule has 0 spiro atoms. The van der Waals surface area contributed by atoms with E-state index in [4.69, 9.17) is 0 Å². The number of hydrogen-bond donors (Lipinski definition) is 1. The highest BCUT2D eigenvalue weighted by atomic mass is 79.9. The average Bonchev–Trinajstić information content (AvgIpc) is 3.20. The van der Waals surface area contributed by atoms with Crippen molar-refractivity contribution >= 4 is 39.0 Å². The van der Waals surface area contributed by atoms with E-state index >= 15 is 0 Å². The number of halogens is 1. The molecule has 2 aromatic heterocycles. The molecule has 1 aromatic carbocycles. The Kier molecular flexibility index (Phi) is 5.68. The van der Waals surface area contributed by atoms with E-state index < -0.39 is 23.5 Å². The molecule has 7 nitrogen and oxygen atoms in total. The molecule has 0 saturated carbocycles. The van der Waals surface area contributed by atoms with Gasteiger partial charge in [0, 0.05) is 16.2 Å². The van der Waals surface area contributed by atoms with E-state index in [0.717, 1.165) is 14.9 Å². The number of benzene rings is 1. The van der Waals surface area contributed by atoms with Gasteiger partial charge in [-0.15, -0.1) is 0 Å². The van der Waals surface area contributed by atoms with Crippen LogP contribution in [-0.4, -0.2) is 53.2 Å². The fraction of sp³-hybridized carbons (Fsp3) is 0.261. The first-order valence-corrected chi connectivity index (χ1v) is 10.8. The number of nitrogens with zero attached hydrogens (tertiary/aromatic N) is 3. The lowest BCUT2D eigenvalue weighted by Crippen LogP contribution is -3.06. The molecular formula is C23H23BrN4O3. The third-order valence-electron chi connectivity index (χ3n) is 5.49. The van der Waals surface area contributed by atoms with Crippen LogP contribution in [0.25, 0.3) is 11.4 Å². The summed E-state index contributed by atoms with van der Waals surface area (Å²) in [4.78, 5) is 33.2. The second-order valence-corrected chi connectivity index (χ2v) is 8.87. The van der Waals surface area contributed by atoms with Crippen molar-refractivity contribution < 1.29 is 19.6 Å². The van der Waals surface area contributed by atoms with Gasteiger partial charge in [0.25, 0.3) is 5.91 Å². The van der Waals surface area contributed by atoms with Crippen molar-refractivity contribution in [2.75, 3.05) is 27.2 Å². The smallest absolute Gasteiger partial charge is 0.295 e. The number of pyridine rings is 1. The van der Waals surface area contributed by atoms with Crippen LogP contribution in [0.1, 0.15) is 23.0 Å². The molecule has 31 heavy (non-hydrogen) atoms. The Morgan fingerprint density at radius 1 is 1.16 bits per heavy atom. The maximum atomic E-state index is 13.7. The highest BCUT2D eigenvalue weighted by Gasteiger charge is 2.44. The van der Waals surface area contributed by atoms with Crippen LogP contribution in [0.3, 0.4) is 0 Å². The van der Waals surface area contributed by atoms with Crippen LogP contribution < -0.4 is 10.0 Å². The van der Waals surface area contributed by atoms with E-state index in [1.807, 2.05) is 44.4 Å². The second kappa shape index (κ2) is 8.28. The Labute approximate surface area is 188 Å². The van der Waals surface area contributed by atoms with E-state index in [1.54, 1.807) is 29.7 Å². The van der Waals surface area contributed by atoms with Crippen molar-refractivity contribution in [3.05, 3.63) is 75.7 Å². The summed E-state index contributed by atoms with van der Waals surface area (Å²) in [5.74, 6) is -1.83. The molecule has 4 rings (SSSR count). The highest BCUT2D eigenvalue weighted by molar-refractivity contribution is 9.10. The van der Waals surface area contributed by atoms with Gasteiger partial charge in [-0.05, 0) is 36.8 Å². The molecule has 0 bridgehead atoms. The molecule has 3 heterocycles. The number of aromatic nitrogens is 2. The number of aryl methyl sites for hydroxylation is 1. The van der Waals surface area contributed by atoms with Crippen LogP contribution in [0, 0.1) is 6.92 Å². The first-order chi connectivity index (χ1) is 14.8. The second-order valence-electron chi connectivity index (χ2n) is 7.96. The monoisotopic (exact) mass is 482 g/mol. The van der Waals surface area contributed by atoms with Crippen molar-refractivity contribution in [3.8, 4) is 0 Å². The number of amides is 1. The van der Waals surface area contributed by atoms with E-state index in [1.165, 1.54) is 4.90 Å². The maximum absolute atomic E-state index is 13.7. The Morgan fingerprint density at radius 2 is 1.87 bits per heavy atom. The summed E-state index contributed by atoms with van der Waals surface area (Å²) in [6.07, 6.45) is 1.74. The summed E-state index contributed by atoms with van der Waals surface area (Å²) in [7, 11) is 3.96. The number of likely N-dealkylation sites (N-methyl/N-ethyl adjacent to an activating group) is 1. The number of carbonyl (C=O) groups is 2. The van der Waals surface area contributed by atoms with Crippen LogP contribution in [0.2, 0.25) is 0 Å². The normalized spacial score (nSPS) is 18.5. The number of quaternary nitrogens is 1. The SMILES string of the molecule is Cc1nc2ccccn2c1C([O-])=C1C(=O)C(=O)N(CC[NH+](C)C)C1c1ccc(Br)cc1. The lowest BCUT2D eigenvalue weighted by molar-refractivity contribution is -0.857. The zero-order valence-electron chi connectivity index (χ0n) is 17.6. The molecular weight excluding hydrogens is 460 g/mol. The summed E-state index contributed by atoms with van der Waals surface area (Å²) in [6.45, 7) is 2.77. The minimum Gasteiger partial charge on any atom is -0.871 e. The van der Waals surface area contributed by atoms with Gasteiger partial charge in [-0.3, -0.25) is 9.59 Å². The van der Waals surface area contributed by atoms with Gasteiger partial charge in [-0.1, -0.05) is 39.9 Å². The first-order valence-electron chi connectivity index (χ1n) is 10.0. The highest BCUT2D eigenvalue weighted by Crippen LogP contribution is 2.39. The third kappa shape index (κ3) is 3.77. The topological polar surface area (TPSA) is 82.2 Å². The number of hydrogen-bond acceptors (Lipinski definition) is 4. The Morgan fingerprint density at radius 3 is 2.55 bits per heavy atom. The van der Waals surface area contributed by atoms with Crippen LogP contribution in [0.15, 0.2) is 58.7 Å². The molecule has 1 unspecified atom stereocenters. The molecule has 1 atom stereocenters. The van der Waals surface area contributed by atoms with Gasteiger partial charge in [-0.25, -0.2) is 4.98 Å². The number of ketones is 1. The van der Waals surface area contributed by atoms with Crippen molar-refractivity contribution in [3.63, 3.8) is 0 Å². The first kappa shape index (κ1) is 21.3. The minimum absolute atomic E-state index is 0.0187. The average molecular weight is 483 g/mol. The standard InChI is InChI=1S/C23H23BrN4O3/c1-14-19(27-11-5-4-6-17(27)25-14)21(29)18-20(15-7-9-16(24)10-8-15)28(13-12-26(2)3)23(31)22(18)30/h4-11,20,29H,12-13H2,1-3H3. The van der Waals surface area contributed by atoms with Crippen LogP contribution >= 0.6 is 15.9 Å². The van der Waals surface area contributed by atoms with Gasteiger partial charge in [0.05, 0.1) is 44.6 Å². The fourth-order valence-electron chi connectivity index (χ4n) is 3.95. The van der Waals surface area contributed by atoms with E-state index in [9.17, 15) is 14.7 Å². The Hall–Kier alpha value is -2.97. The summed E-state index contributed by atoms with van der Waals surface area (Å²) < 4.78 is 2.55. The maximum Gasteiger partial charge on any atom is 0.295 e. The van der Waals surface area contributed by atoms with Gasteiger partial charge in [0.15, 0.2) is 0 Å². The number of carbonyl (C=O) groups excluding carboxylic acids is 2. The van der Waals surface area contributed by atoms with E-state index in [0.29, 0.717) is 30.1 Å². The van der Waals surface area contributed by atoms with Gasteiger partial charge < -0.3 is 19.3 Å². The molecule has 1 aliphatic heterocycles. The van der Waals surface area contributed by atoms with Crippen molar-refractivity contribution in [1.29, 1.82) is 0 Å². The number of imidazole rings is 1. The molecule has 0 radical (unpaired) electrons. The van der Waals surface area contributed by atoms with Gasteiger partial charge in [0.2, 0.25) is 5.78 Å². The zero-order chi connectivity index (χ0) is 22.3. The predicted molar refractivity (Wildman–Crippen MR) is 118 cm³/mol. The molecule has 160 valence electrons. The molecule has 0 aliphatic carbocycles. The number of nitrogens with one attached hydrogen (secondary N) is 1. The molecule has 3 aromatic rings. The van der Waals surface area contributed by atoms with E-state index in [2.05, 4.69) is 20.9 Å². The molecule has 8 heteroatoms. The van der Waals surface area contributed by atoms with Gasteiger partial charge in [0.1, 0.15) is 5.65 Å². The molecule has 1 aliphatic rings. The lowest BCUT2D eigenvalue weighted by Gasteiger charge is -2.27. The summed E-state index contributed by atoms with van der Waals surface area (Å²) in [6, 6.07) is 12.1. The molecule has 1 amide bonds. The fourth-order valence-corrected chi connectivity index (χ4v) is 4.22. The van der Waals surface area contributed by atoms with Crippen molar-refractivity contribution in [1.82, 2.24) is 14.3 Å². The lowest BCUT2D eigenvalue weighted by atomic mass is 9.96. The largest absolute Gasteiger partial charge is 0.871 e. The number of rotatable bonds is 5. The van der Waals surface area contributed by atoms with Crippen molar-refractivity contribution in [2.24, 2.45) is 0 Å². The minimum atomic E-state index is -0.739. The van der Waals surface area contributed by atoms with Crippen molar-refractivity contribution in [2.45, 2.75) is 13.0 Å². The van der Waals surface area contributed by atoms with Gasteiger partial charge >= 0.3 is 0 Å². The summed E-state index contributed by atoms with van der Waals surface area (Å²) in [5, 5.41) is 13.7. The van der Waals surface area contributed by atoms with Crippen LogP contribution in [0.4, 0.5) is 0 Å². The van der Waals surface area contributed by atoms with Crippen LogP contribution in [0.5, 0.6) is 0 Å². The Bertz CT molecular complexity index is 1200. The quantitative estimate of drug-likeness (QED) is 0.331. The van der Waals surface area contributed by atoms with E-state index in [-0.39, 0.29) is 5.57 Å². The Balaban J connectivity index is 1.92. The molecule has 1 N–H and O–H groups in total. The zero-order valence-corrected chi connectivity index (χ0v) is 19.1. The van der Waals surface area contributed by atoms with Crippen LogP contribution in [-0.2, 0) is 9.59 Å². The molecule has 1 fully saturated rings. The molecule has 1 saturated heterocycles. The van der Waals surface area contributed by atoms with Gasteiger partial charge in [-0.2, -0.15) is 0 Å². The predicted octanol–water partition coefficient (Wildman–Crippen LogP) is 0.774.